The van der Waals surface area contributed by atoms with Crippen LogP contribution < -0.4 is 14.5 Å². The molecule has 0 bridgehead atoms. The van der Waals surface area contributed by atoms with E-state index in [9.17, 15) is 8.68 Å². The van der Waals surface area contributed by atoms with Crippen LogP contribution in [0.2, 0.25) is 5.02 Å². The van der Waals surface area contributed by atoms with Crippen LogP contribution in [0, 0.1) is 0 Å². The van der Waals surface area contributed by atoms with Crippen molar-refractivity contribution in [2.75, 3.05) is 7.11 Å². The summed E-state index contributed by atoms with van der Waals surface area (Å²) in [6, 6.07) is 7.60. The van der Waals surface area contributed by atoms with E-state index >= 15 is 0 Å². The predicted molar refractivity (Wildman–Crippen MR) is 72.9 cm³/mol. The van der Waals surface area contributed by atoms with Gasteiger partial charge >= 0.3 is 0 Å². The van der Waals surface area contributed by atoms with Crippen molar-refractivity contribution in [3.05, 3.63) is 51.9 Å². The fourth-order valence-corrected chi connectivity index (χ4v) is 1.93. The third kappa shape index (κ3) is 3.02. The van der Waals surface area contributed by atoms with Gasteiger partial charge in [0.2, 0.25) is 0 Å². The molecule has 0 saturated carbocycles. The van der Waals surface area contributed by atoms with Crippen LogP contribution >= 0.6 is 24.0 Å². The minimum absolute atomic E-state index is 0.237. The fraction of sp³-hybridized carbons (Fsp3) is 0.0833. The Kier molecular flexibility index (Phi) is 4.34. The van der Waals surface area contributed by atoms with Crippen molar-refractivity contribution >= 4 is 24.0 Å². The molecular formula is C12H9ClFNO3S. The summed E-state index contributed by atoms with van der Waals surface area (Å²) in [7, 11) is 1.43. The molecular weight excluding hydrogens is 293 g/mol. The second kappa shape index (κ2) is 5.99. The highest BCUT2D eigenvalue weighted by molar-refractivity contribution is 7.89. The zero-order valence-electron chi connectivity index (χ0n) is 9.80. The molecule has 0 radical (unpaired) electrons. The van der Waals surface area contributed by atoms with Crippen molar-refractivity contribution in [3.8, 4) is 17.2 Å². The van der Waals surface area contributed by atoms with E-state index in [0.29, 0.717) is 16.5 Å². The molecule has 0 saturated heterocycles. The molecule has 0 aliphatic heterocycles. The van der Waals surface area contributed by atoms with Gasteiger partial charge in [-0.2, -0.15) is 0 Å². The second-order valence-electron chi connectivity index (χ2n) is 3.53. The normalized spacial score (nSPS) is 10.3. The number of pyridine rings is 1. The topological polar surface area (TPSA) is 40.5 Å². The van der Waals surface area contributed by atoms with Gasteiger partial charge in [-0.1, -0.05) is 11.6 Å². The van der Waals surface area contributed by atoms with Crippen LogP contribution in [-0.4, -0.2) is 11.7 Å². The van der Waals surface area contributed by atoms with Crippen LogP contribution in [0.5, 0.6) is 11.5 Å². The maximum absolute atomic E-state index is 12.1. The van der Waals surface area contributed by atoms with Crippen LogP contribution in [0.3, 0.4) is 0 Å². The van der Waals surface area contributed by atoms with Gasteiger partial charge in [0.05, 0.1) is 12.8 Å². The van der Waals surface area contributed by atoms with Gasteiger partial charge in [0, 0.05) is 23.4 Å². The summed E-state index contributed by atoms with van der Waals surface area (Å²) >= 11 is 5.45. The first-order chi connectivity index (χ1) is 9.15. The van der Waals surface area contributed by atoms with Crippen LogP contribution in [-0.2, 0) is 0 Å². The van der Waals surface area contributed by atoms with Crippen LogP contribution in [0.4, 0.5) is 3.89 Å². The molecule has 0 fully saturated rings. The Bertz CT molecular complexity index is 647. The molecule has 1 aromatic heterocycles. The van der Waals surface area contributed by atoms with E-state index in [-0.39, 0.29) is 23.7 Å². The van der Waals surface area contributed by atoms with Crippen LogP contribution in [0.15, 0.2) is 41.3 Å². The minimum Gasteiger partial charge on any atom is -0.493 e. The number of hydrogen-bond donors (Lipinski definition) is 0. The molecule has 2 rings (SSSR count). The first-order valence-corrected chi connectivity index (χ1v) is 6.19. The lowest BCUT2D eigenvalue weighted by atomic mass is 10.2. The summed E-state index contributed by atoms with van der Waals surface area (Å²) in [6.45, 7) is 0. The maximum atomic E-state index is 12.1. The van der Waals surface area contributed by atoms with E-state index in [0.717, 1.165) is 0 Å². The molecule has 0 atom stereocenters. The largest absolute Gasteiger partial charge is 0.493 e. The zero-order valence-corrected chi connectivity index (χ0v) is 11.4. The van der Waals surface area contributed by atoms with Crippen molar-refractivity contribution in [2.24, 2.45) is 0 Å². The van der Waals surface area contributed by atoms with E-state index in [1.165, 1.54) is 23.8 Å². The lowest BCUT2D eigenvalue weighted by Gasteiger charge is -2.10. The second-order valence-corrected chi connectivity index (χ2v) is 4.26. The standard InChI is InChI=1S/C12H9ClFNO3S/c1-17-11-7-9(2-3-10(11)18-19-14)15-5-4-8(13)6-12(15)16/h2-7H,1H3. The van der Waals surface area contributed by atoms with E-state index < -0.39 is 0 Å². The van der Waals surface area contributed by atoms with E-state index in [1.807, 2.05) is 0 Å². The Morgan fingerprint density at radius 2 is 2.05 bits per heavy atom. The number of nitrogens with zero attached hydrogens (tertiary/aromatic N) is 1. The Balaban J connectivity index is 2.48. The lowest BCUT2D eigenvalue weighted by Crippen LogP contribution is -2.16. The number of halogens is 2. The molecule has 1 aromatic carbocycles. The highest BCUT2D eigenvalue weighted by Crippen LogP contribution is 2.31. The van der Waals surface area contributed by atoms with Gasteiger partial charge in [-0.25, -0.2) is 0 Å². The highest BCUT2D eigenvalue weighted by atomic mass is 35.5. The molecule has 0 spiro atoms. The Hall–Kier alpha value is -1.66. The molecule has 19 heavy (non-hydrogen) atoms. The third-order valence-corrected chi connectivity index (χ3v) is 2.91. The summed E-state index contributed by atoms with van der Waals surface area (Å²) < 4.78 is 23.2. The number of hydrogen-bond acceptors (Lipinski definition) is 4. The smallest absolute Gasteiger partial charge is 0.272 e. The molecule has 0 N–H and O–H groups in total. The number of benzene rings is 1. The van der Waals surface area contributed by atoms with Gasteiger partial charge in [-0.3, -0.25) is 9.36 Å². The molecule has 0 amide bonds. The summed E-state index contributed by atoms with van der Waals surface area (Å²) in [5.74, 6) is 0.560. The molecule has 1 heterocycles. The Labute approximate surface area is 118 Å². The first-order valence-electron chi connectivity index (χ1n) is 5.17. The fourth-order valence-electron chi connectivity index (χ4n) is 1.58. The lowest BCUT2D eigenvalue weighted by molar-refractivity contribution is 0.398. The zero-order chi connectivity index (χ0) is 13.8. The van der Waals surface area contributed by atoms with E-state index in [2.05, 4.69) is 4.18 Å². The quantitative estimate of drug-likeness (QED) is 0.811. The van der Waals surface area contributed by atoms with Gasteiger partial charge in [0.15, 0.2) is 11.5 Å². The molecule has 7 heteroatoms. The van der Waals surface area contributed by atoms with Crippen molar-refractivity contribution in [1.29, 1.82) is 0 Å². The van der Waals surface area contributed by atoms with Crippen LogP contribution in [0.25, 0.3) is 5.69 Å². The molecule has 100 valence electrons. The van der Waals surface area contributed by atoms with Crippen LogP contribution in [0.1, 0.15) is 0 Å². The summed E-state index contributed by atoms with van der Waals surface area (Å²) in [5.41, 5.74) is 0.290. The van der Waals surface area contributed by atoms with Crippen molar-refractivity contribution < 1.29 is 12.8 Å². The monoisotopic (exact) mass is 301 g/mol. The first kappa shape index (κ1) is 13.8. The van der Waals surface area contributed by atoms with Gasteiger partial charge in [0.25, 0.3) is 18.0 Å². The Morgan fingerprint density at radius 3 is 2.68 bits per heavy atom. The summed E-state index contributed by atoms with van der Waals surface area (Å²) in [6.07, 6.45) is 1.55. The molecule has 2 aromatic rings. The molecule has 4 nitrogen and oxygen atoms in total. The van der Waals surface area contributed by atoms with Crippen molar-refractivity contribution in [3.63, 3.8) is 0 Å². The van der Waals surface area contributed by atoms with Gasteiger partial charge in [-0.15, -0.1) is 3.89 Å². The molecule has 0 aliphatic rings. The third-order valence-electron chi connectivity index (χ3n) is 2.43. The Morgan fingerprint density at radius 1 is 1.26 bits per heavy atom. The number of rotatable bonds is 4. The van der Waals surface area contributed by atoms with Gasteiger partial charge in [-0.05, 0) is 18.2 Å². The van der Waals surface area contributed by atoms with E-state index in [1.54, 1.807) is 24.4 Å². The van der Waals surface area contributed by atoms with Crippen molar-refractivity contribution in [1.82, 2.24) is 4.57 Å². The van der Waals surface area contributed by atoms with Gasteiger partial charge < -0.3 is 8.92 Å². The number of aromatic nitrogens is 1. The summed E-state index contributed by atoms with van der Waals surface area (Å²) in [5, 5.41) is 0.363. The summed E-state index contributed by atoms with van der Waals surface area (Å²) in [4.78, 5) is 11.8. The number of ether oxygens (including phenoxy) is 1. The number of methoxy groups -OCH3 is 1. The maximum Gasteiger partial charge on any atom is 0.272 e. The average Bonchev–Trinajstić information content (AvgIpc) is 2.40. The molecule has 0 aliphatic carbocycles. The molecule has 0 unspecified atom stereocenters. The van der Waals surface area contributed by atoms with E-state index in [4.69, 9.17) is 16.3 Å². The minimum atomic E-state index is -0.275. The highest BCUT2D eigenvalue weighted by Gasteiger charge is 2.08. The average molecular weight is 302 g/mol. The van der Waals surface area contributed by atoms with Crippen molar-refractivity contribution in [2.45, 2.75) is 0 Å². The predicted octanol–water partition coefficient (Wildman–Crippen LogP) is 3.41. The van der Waals surface area contributed by atoms with Gasteiger partial charge in [0.1, 0.15) is 0 Å². The SMILES string of the molecule is COc1cc(-n2ccc(Cl)cc2=O)ccc1OSF.